The van der Waals surface area contributed by atoms with E-state index in [1.165, 1.54) is 6.07 Å². The highest BCUT2D eigenvalue weighted by atomic mass is 79.9. The number of nitrogens with two attached hydrogens (primary N) is 1. The van der Waals surface area contributed by atoms with Gasteiger partial charge in [0.15, 0.2) is 0 Å². The van der Waals surface area contributed by atoms with E-state index in [4.69, 9.17) is 10.6 Å². The van der Waals surface area contributed by atoms with Gasteiger partial charge in [-0.15, -0.1) is 0 Å². The lowest BCUT2D eigenvalue weighted by atomic mass is 9.99. The molecular formula is C14H20BrFN2O. The molecule has 1 saturated heterocycles. The lowest BCUT2D eigenvalue weighted by Gasteiger charge is -2.19. The van der Waals surface area contributed by atoms with Crippen molar-refractivity contribution in [3.05, 3.63) is 34.1 Å². The van der Waals surface area contributed by atoms with E-state index in [1.54, 1.807) is 6.07 Å². The van der Waals surface area contributed by atoms with E-state index in [2.05, 4.69) is 21.4 Å². The van der Waals surface area contributed by atoms with Crippen LogP contribution in [0.3, 0.4) is 0 Å². The minimum atomic E-state index is -0.227. The van der Waals surface area contributed by atoms with Gasteiger partial charge < -0.3 is 4.74 Å². The predicted octanol–water partition coefficient (Wildman–Crippen LogP) is 3.44. The average molecular weight is 331 g/mol. The Kier molecular flexibility index (Phi) is 5.76. The zero-order valence-corrected chi connectivity index (χ0v) is 12.5. The van der Waals surface area contributed by atoms with Crippen LogP contribution in [0.15, 0.2) is 22.7 Å². The van der Waals surface area contributed by atoms with Crippen molar-refractivity contribution in [3.63, 3.8) is 0 Å². The van der Waals surface area contributed by atoms with Crippen molar-refractivity contribution < 1.29 is 9.13 Å². The molecule has 0 bridgehead atoms. The van der Waals surface area contributed by atoms with Crippen LogP contribution in [0.2, 0.25) is 0 Å². The largest absolute Gasteiger partial charge is 0.378 e. The van der Waals surface area contributed by atoms with Gasteiger partial charge in [0, 0.05) is 22.7 Å². The lowest BCUT2D eigenvalue weighted by molar-refractivity contribution is 0.101. The van der Waals surface area contributed by atoms with Gasteiger partial charge in [0.05, 0.1) is 6.10 Å². The topological polar surface area (TPSA) is 47.3 Å². The normalized spacial score (nSPS) is 20.7. The first-order valence-corrected chi connectivity index (χ1v) is 7.53. The number of hydrogen-bond acceptors (Lipinski definition) is 3. The van der Waals surface area contributed by atoms with Gasteiger partial charge in [0.1, 0.15) is 5.82 Å². The van der Waals surface area contributed by atoms with Crippen LogP contribution in [0.1, 0.15) is 43.7 Å². The maximum Gasteiger partial charge on any atom is 0.129 e. The Morgan fingerprint density at radius 3 is 3.00 bits per heavy atom. The lowest BCUT2D eigenvalue weighted by Crippen LogP contribution is -2.29. The number of halogens is 2. The molecule has 2 unspecified atom stereocenters. The minimum absolute atomic E-state index is 0.169. The van der Waals surface area contributed by atoms with Gasteiger partial charge in [-0.3, -0.25) is 11.3 Å². The van der Waals surface area contributed by atoms with Crippen LogP contribution < -0.4 is 11.3 Å². The Morgan fingerprint density at radius 2 is 2.37 bits per heavy atom. The second-order valence-electron chi connectivity index (χ2n) is 4.92. The van der Waals surface area contributed by atoms with E-state index >= 15 is 0 Å². The van der Waals surface area contributed by atoms with Crippen LogP contribution in [0.4, 0.5) is 4.39 Å². The van der Waals surface area contributed by atoms with E-state index in [-0.39, 0.29) is 11.9 Å². The van der Waals surface area contributed by atoms with Crippen LogP contribution in [-0.2, 0) is 4.74 Å². The summed E-state index contributed by atoms with van der Waals surface area (Å²) < 4.78 is 20.2. The quantitative estimate of drug-likeness (QED) is 0.620. The molecule has 1 aromatic carbocycles. The smallest absolute Gasteiger partial charge is 0.129 e. The molecule has 2 rings (SSSR count). The summed E-state index contributed by atoms with van der Waals surface area (Å²) in [5.74, 6) is 5.34. The third kappa shape index (κ3) is 3.99. The predicted molar refractivity (Wildman–Crippen MR) is 77.0 cm³/mol. The second-order valence-corrected chi connectivity index (χ2v) is 5.77. The number of rotatable bonds is 6. The van der Waals surface area contributed by atoms with Crippen molar-refractivity contribution in [2.24, 2.45) is 5.84 Å². The van der Waals surface area contributed by atoms with Crippen molar-refractivity contribution in [2.75, 3.05) is 6.61 Å². The molecule has 0 aliphatic carbocycles. The third-order valence-electron chi connectivity index (χ3n) is 3.59. The fourth-order valence-electron chi connectivity index (χ4n) is 2.58. The molecule has 3 N–H and O–H groups in total. The standard InChI is InChI=1S/C14H20BrFN2O/c15-11-6-2-7-12(16)14(11)13(18-17)8-1-4-10-5-3-9-19-10/h2,6-7,10,13,18H,1,3-5,8-9,17H2. The molecule has 1 fully saturated rings. The Balaban J connectivity index is 1.92. The van der Waals surface area contributed by atoms with Crippen LogP contribution in [0.25, 0.3) is 0 Å². The van der Waals surface area contributed by atoms with Crippen molar-refractivity contribution in [1.82, 2.24) is 5.43 Å². The van der Waals surface area contributed by atoms with Crippen molar-refractivity contribution in [2.45, 2.75) is 44.2 Å². The summed E-state index contributed by atoms with van der Waals surface area (Å²) in [7, 11) is 0. The van der Waals surface area contributed by atoms with E-state index in [9.17, 15) is 4.39 Å². The first-order valence-electron chi connectivity index (χ1n) is 6.74. The zero-order valence-electron chi connectivity index (χ0n) is 10.9. The number of hydrogen-bond donors (Lipinski definition) is 2. The van der Waals surface area contributed by atoms with E-state index in [1.807, 2.05) is 6.07 Å². The van der Waals surface area contributed by atoms with Gasteiger partial charge in [0.2, 0.25) is 0 Å². The highest BCUT2D eigenvalue weighted by Gasteiger charge is 2.19. The average Bonchev–Trinajstić information content (AvgIpc) is 2.89. The first-order chi connectivity index (χ1) is 9.22. The van der Waals surface area contributed by atoms with E-state index in [0.29, 0.717) is 11.7 Å². The SMILES string of the molecule is NNC(CCCC1CCCO1)c1c(F)cccc1Br. The monoisotopic (exact) mass is 330 g/mol. The molecular weight excluding hydrogens is 311 g/mol. The first kappa shape index (κ1) is 14.9. The molecule has 1 heterocycles. The van der Waals surface area contributed by atoms with Gasteiger partial charge >= 0.3 is 0 Å². The van der Waals surface area contributed by atoms with Gasteiger partial charge in [-0.1, -0.05) is 22.0 Å². The van der Waals surface area contributed by atoms with Crippen molar-refractivity contribution in [1.29, 1.82) is 0 Å². The molecule has 1 aromatic rings. The summed E-state index contributed by atoms with van der Waals surface area (Å²) in [5, 5.41) is 0. The zero-order chi connectivity index (χ0) is 13.7. The summed E-state index contributed by atoms with van der Waals surface area (Å²) in [5.41, 5.74) is 3.32. The van der Waals surface area contributed by atoms with Crippen molar-refractivity contribution in [3.8, 4) is 0 Å². The Morgan fingerprint density at radius 1 is 1.53 bits per heavy atom. The summed E-state index contributed by atoms with van der Waals surface area (Å²) in [6.45, 7) is 0.877. The second kappa shape index (κ2) is 7.33. The number of ether oxygens (including phenoxy) is 1. The molecule has 1 aliphatic heterocycles. The molecule has 0 saturated carbocycles. The Bertz CT molecular complexity index is 390. The molecule has 1 aliphatic rings. The van der Waals surface area contributed by atoms with Gasteiger partial charge in [-0.05, 0) is 44.2 Å². The molecule has 19 heavy (non-hydrogen) atoms. The fourth-order valence-corrected chi connectivity index (χ4v) is 3.19. The van der Waals surface area contributed by atoms with Crippen LogP contribution in [-0.4, -0.2) is 12.7 Å². The van der Waals surface area contributed by atoms with E-state index in [0.717, 1.165) is 43.2 Å². The maximum absolute atomic E-state index is 13.9. The van der Waals surface area contributed by atoms with Crippen LogP contribution in [0, 0.1) is 5.82 Å². The Hall–Kier alpha value is -0.490. The highest BCUT2D eigenvalue weighted by Crippen LogP contribution is 2.29. The molecule has 0 amide bonds. The van der Waals surface area contributed by atoms with Gasteiger partial charge in [-0.2, -0.15) is 0 Å². The number of hydrazine groups is 1. The Labute approximate surface area is 121 Å². The summed E-state index contributed by atoms with van der Waals surface area (Å²) in [4.78, 5) is 0. The molecule has 2 atom stereocenters. The number of nitrogens with one attached hydrogen (secondary N) is 1. The molecule has 0 aromatic heterocycles. The summed E-state index contributed by atoms with van der Waals surface area (Å²) in [6.07, 6.45) is 5.47. The molecule has 3 nitrogen and oxygen atoms in total. The van der Waals surface area contributed by atoms with Gasteiger partial charge in [-0.25, -0.2) is 4.39 Å². The van der Waals surface area contributed by atoms with Gasteiger partial charge in [0.25, 0.3) is 0 Å². The number of benzene rings is 1. The fraction of sp³-hybridized carbons (Fsp3) is 0.571. The highest BCUT2D eigenvalue weighted by molar-refractivity contribution is 9.10. The third-order valence-corrected chi connectivity index (χ3v) is 4.28. The summed E-state index contributed by atoms with van der Waals surface area (Å²) >= 11 is 3.39. The molecule has 0 spiro atoms. The van der Waals surface area contributed by atoms with Crippen molar-refractivity contribution >= 4 is 15.9 Å². The minimum Gasteiger partial charge on any atom is -0.378 e. The van der Waals surface area contributed by atoms with Crippen LogP contribution in [0.5, 0.6) is 0 Å². The maximum atomic E-state index is 13.9. The van der Waals surface area contributed by atoms with Crippen LogP contribution >= 0.6 is 15.9 Å². The molecule has 106 valence electrons. The molecule has 0 radical (unpaired) electrons. The summed E-state index contributed by atoms with van der Waals surface area (Å²) in [6, 6.07) is 4.81. The van der Waals surface area contributed by atoms with E-state index < -0.39 is 0 Å². The molecule has 5 heteroatoms.